The van der Waals surface area contributed by atoms with E-state index in [1.54, 1.807) is 4.57 Å². The Kier molecular flexibility index (Phi) is 7.09. The lowest BCUT2D eigenvalue weighted by molar-refractivity contribution is -0.122. The van der Waals surface area contributed by atoms with Crippen molar-refractivity contribution >= 4 is 32.7 Å². The second kappa shape index (κ2) is 10.0. The number of hydrogen-bond donors (Lipinski definition) is 1. The number of benzene rings is 1. The van der Waals surface area contributed by atoms with Crippen molar-refractivity contribution in [1.82, 2.24) is 24.8 Å². The number of aromatic nitrogens is 3. The van der Waals surface area contributed by atoms with Gasteiger partial charge in [0.25, 0.3) is 5.56 Å². The molecule has 0 aliphatic carbocycles. The molecule has 33 heavy (non-hydrogen) atoms. The van der Waals surface area contributed by atoms with Gasteiger partial charge in [-0.15, -0.1) is 0 Å². The van der Waals surface area contributed by atoms with Crippen LogP contribution in [0.5, 0.6) is 0 Å². The van der Waals surface area contributed by atoms with E-state index in [1.165, 1.54) is 11.3 Å². The fraction of sp³-hybridized carbons (Fsp3) is 0.500. The number of amides is 1. The van der Waals surface area contributed by atoms with E-state index in [-0.39, 0.29) is 23.6 Å². The minimum absolute atomic E-state index is 0.0000109. The van der Waals surface area contributed by atoms with E-state index in [9.17, 15) is 9.59 Å². The summed E-state index contributed by atoms with van der Waals surface area (Å²) in [6.07, 6.45) is 2.38. The van der Waals surface area contributed by atoms with E-state index in [1.807, 2.05) is 63.2 Å². The number of carbonyl (C=O) groups is 1. The monoisotopic (exact) mass is 468 g/mol. The van der Waals surface area contributed by atoms with Crippen molar-refractivity contribution < 1.29 is 4.79 Å². The number of nitrogens with zero attached hydrogens (tertiary/aromatic N) is 5. The van der Waals surface area contributed by atoms with Crippen LogP contribution in [0.4, 0.5) is 5.13 Å². The van der Waals surface area contributed by atoms with Crippen molar-refractivity contribution in [2.24, 2.45) is 0 Å². The molecule has 0 spiro atoms. The minimum atomic E-state index is -0.283. The van der Waals surface area contributed by atoms with Gasteiger partial charge < -0.3 is 15.1 Å². The molecule has 1 N–H and O–H groups in total. The summed E-state index contributed by atoms with van der Waals surface area (Å²) < 4.78 is 1.75. The Morgan fingerprint density at radius 2 is 2.00 bits per heavy atom. The van der Waals surface area contributed by atoms with Crippen LogP contribution in [-0.4, -0.2) is 58.6 Å². The number of likely N-dealkylation sites (N-methyl/N-ethyl adjacent to an activating group) is 1. The number of nitrogens with one attached hydrogen (secondary N) is 1. The molecule has 1 aliphatic heterocycles. The summed E-state index contributed by atoms with van der Waals surface area (Å²) in [5.41, 5.74) is 1.36. The van der Waals surface area contributed by atoms with Gasteiger partial charge in [0.2, 0.25) is 5.91 Å². The van der Waals surface area contributed by atoms with Crippen LogP contribution in [0.2, 0.25) is 0 Å². The summed E-state index contributed by atoms with van der Waals surface area (Å²) in [6, 6.07) is 9.61. The second-order valence-electron chi connectivity index (χ2n) is 9.06. The predicted molar refractivity (Wildman–Crippen MR) is 133 cm³/mol. The van der Waals surface area contributed by atoms with Crippen molar-refractivity contribution in [3.05, 3.63) is 52.1 Å². The van der Waals surface area contributed by atoms with Crippen LogP contribution in [0.25, 0.3) is 10.3 Å². The van der Waals surface area contributed by atoms with Crippen LogP contribution >= 0.6 is 11.3 Å². The van der Waals surface area contributed by atoms with E-state index in [0.29, 0.717) is 28.4 Å². The molecule has 8 nitrogen and oxygen atoms in total. The zero-order chi connectivity index (χ0) is 23.5. The highest BCUT2D eigenvalue weighted by Crippen LogP contribution is 2.32. The van der Waals surface area contributed by atoms with E-state index in [2.05, 4.69) is 15.2 Å². The molecule has 0 unspecified atom stereocenters. The van der Waals surface area contributed by atoms with Crippen molar-refractivity contribution in [3.63, 3.8) is 0 Å². The molecule has 1 aromatic carbocycles. The van der Waals surface area contributed by atoms with Gasteiger partial charge in [-0.2, -0.15) is 0 Å². The summed E-state index contributed by atoms with van der Waals surface area (Å²) in [5.74, 6) is 0.778. The largest absolute Gasteiger partial charge is 0.350 e. The maximum Gasteiger partial charge on any atom is 0.281 e. The molecule has 3 heterocycles. The Labute approximate surface area is 198 Å². The van der Waals surface area contributed by atoms with Gasteiger partial charge in [-0.05, 0) is 46.3 Å². The van der Waals surface area contributed by atoms with Gasteiger partial charge in [-0.25, -0.2) is 9.97 Å². The minimum Gasteiger partial charge on any atom is -0.350 e. The van der Waals surface area contributed by atoms with E-state index in [0.717, 1.165) is 37.3 Å². The van der Waals surface area contributed by atoms with Crippen molar-refractivity contribution in [2.75, 3.05) is 32.1 Å². The lowest BCUT2D eigenvalue weighted by Gasteiger charge is -2.23. The molecular formula is C24H32N6O2S. The SMILES string of the molecule is CC(C)n1c(CCN(C)C)nc2sc(N3CCC[C@@H]3C(=O)NCc3ccccc3)nc2c1=O. The first-order chi connectivity index (χ1) is 15.8. The molecule has 0 saturated carbocycles. The van der Waals surface area contributed by atoms with Crippen LogP contribution in [0.15, 0.2) is 35.1 Å². The Hall–Kier alpha value is -2.78. The zero-order valence-electron chi connectivity index (χ0n) is 19.7. The van der Waals surface area contributed by atoms with Gasteiger partial charge in [0.1, 0.15) is 11.9 Å². The van der Waals surface area contributed by atoms with Crippen molar-refractivity contribution in [3.8, 4) is 0 Å². The standard InChI is InChI=1S/C24H32N6O2S/c1-16(2)30-19(12-14-28(3)4)26-22-20(23(30)32)27-24(33-22)29-13-8-11-18(29)21(31)25-15-17-9-6-5-7-10-17/h5-7,9-10,16,18H,8,11-15H2,1-4H3,(H,25,31)/t18-/m1/s1. The fourth-order valence-corrected chi connectivity index (χ4v) is 5.27. The van der Waals surface area contributed by atoms with Crippen LogP contribution in [0.3, 0.4) is 0 Å². The Balaban J connectivity index is 1.60. The molecule has 9 heteroatoms. The Bertz CT molecular complexity index is 1170. The molecule has 176 valence electrons. The number of carbonyl (C=O) groups excluding carboxylic acids is 1. The first-order valence-corrected chi connectivity index (χ1v) is 12.3. The van der Waals surface area contributed by atoms with Gasteiger partial charge in [0.05, 0.1) is 0 Å². The summed E-state index contributed by atoms with van der Waals surface area (Å²) in [6.45, 7) is 6.05. The second-order valence-corrected chi connectivity index (χ2v) is 10.0. The highest BCUT2D eigenvalue weighted by atomic mass is 32.1. The summed E-state index contributed by atoms with van der Waals surface area (Å²) in [4.78, 5) is 40.5. The van der Waals surface area contributed by atoms with Gasteiger partial charge >= 0.3 is 0 Å². The molecule has 1 saturated heterocycles. The molecule has 1 fully saturated rings. The average molecular weight is 469 g/mol. The maximum absolute atomic E-state index is 13.3. The first-order valence-electron chi connectivity index (χ1n) is 11.5. The topological polar surface area (TPSA) is 83.4 Å². The molecule has 1 amide bonds. The highest BCUT2D eigenvalue weighted by molar-refractivity contribution is 7.21. The first kappa shape index (κ1) is 23.4. The third kappa shape index (κ3) is 5.09. The lowest BCUT2D eigenvalue weighted by atomic mass is 10.2. The van der Waals surface area contributed by atoms with Gasteiger partial charge in [0, 0.05) is 32.1 Å². The summed E-state index contributed by atoms with van der Waals surface area (Å²) >= 11 is 1.41. The highest BCUT2D eigenvalue weighted by Gasteiger charge is 2.33. The quantitative estimate of drug-likeness (QED) is 0.547. The predicted octanol–water partition coefficient (Wildman–Crippen LogP) is 2.82. The Morgan fingerprint density at radius 3 is 2.70 bits per heavy atom. The molecule has 1 aliphatic rings. The number of rotatable bonds is 8. The van der Waals surface area contributed by atoms with E-state index in [4.69, 9.17) is 4.98 Å². The molecule has 4 rings (SSSR count). The normalized spacial score (nSPS) is 16.3. The Morgan fingerprint density at radius 1 is 1.24 bits per heavy atom. The zero-order valence-corrected chi connectivity index (χ0v) is 20.6. The average Bonchev–Trinajstić information content (AvgIpc) is 3.43. The van der Waals surface area contributed by atoms with Crippen LogP contribution in [0.1, 0.15) is 44.1 Å². The van der Waals surface area contributed by atoms with E-state index < -0.39 is 0 Å². The maximum atomic E-state index is 13.3. The number of hydrogen-bond acceptors (Lipinski definition) is 7. The van der Waals surface area contributed by atoms with Crippen LogP contribution in [-0.2, 0) is 17.8 Å². The van der Waals surface area contributed by atoms with E-state index >= 15 is 0 Å². The molecule has 1 atom stereocenters. The number of fused-ring (bicyclic) bond motifs is 1. The fourth-order valence-electron chi connectivity index (χ4n) is 4.25. The van der Waals surface area contributed by atoms with Crippen LogP contribution in [0, 0.1) is 0 Å². The smallest absolute Gasteiger partial charge is 0.281 e. The van der Waals surface area contributed by atoms with Crippen molar-refractivity contribution in [2.45, 2.75) is 51.7 Å². The van der Waals surface area contributed by atoms with Crippen LogP contribution < -0.4 is 15.8 Å². The number of anilines is 1. The van der Waals surface area contributed by atoms with Gasteiger partial charge in [-0.3, -0.25) is 14.2 Å². The molecule has 2 aromatic heterocycles. The van der Waals surface area contributed by atoms with Gasteiger partial charge in [-0.1, -0.05) is 41.7 Å². The lowest BCUT2D eigenvalue weighted by Crippen LogP contribution is -2.43. The molecule has 0 radical (unpaired) electrons. The molecule has 3 aromatic rings. The molecular weight excluding hydrogens is 436 g/mol. The van der Waals surface area contributed by atoms with Crippen molar-refractivity contribution in [1.29, 1.82) is 0 Å². The number of thiazole rings is 1. The summed E-state index contributed by atoms with van der Waals surface area (Å²) in [7, 11) is 4.02. The third-order valence-electron chi connectivity index (χ3n) is 5.94. The third-order valence-corrected chi connectivity index (χ3v) is 6.92. The summed E-state index contributed by atoms with van der Waals surface area (Å²) in [5, 5.41) is 3.76. The molecule has 0 bridgehead atoms. The van der Waals surface area contributed by atoms with Gasteiger partial charge in [0.15, 0.2) is 15.5 Å².